The van der Waals surface area contributed by atoms with Gasteiger partial charge in [-0.1, -0.05) is 0 Å². The molecule has 27 heavy (non-hydrogen) atoms. The predicted molar refractivity (Wildman–Crippen MR) is 102 cm³/mol. The molecule has 3 aromatic rings. The Kier molecular flexibility index (Phi) is 5.65. The fraction of sp³-hybridized carbons (Fsp3) is 0.211. The smallest absolute Gasteiger partial charge is 0.243 e. The molecule has 0 spiro atoms. The Labute approximate surface area is 155 Å². The van der Waals surface area contributed by atoms with Gasteiger partial charge in [-0.2, -0.15) is 0 Å². The van der Waals surface area contributed by atoms with Crippen molar-refractivity contribution in [2.75, 3.05) is 23.7 Å². The van der Waals surface area contributed by atoms with Gasteiger partial charge in [-0.25, -0.2) is 4.39 Å². The molecular formula is C19H20FN5O2. The number of carbonyl (C=O) groups excluding carboxylic acids is 2. The van der Waals surface area contributed by atoms with E-state index in [4.69, 9.17) is 0 Å². The van der Waals surface area contributed by atoms with E-state index >= 15 is 0 Å². The molecule has 2 heterocycles. The number of carbonyl (C=O) groups is 2. The third kappa shape index (κ3) is 4.81. The molecule has 0 saturated heterocycles. The van der Waals surface area contributed by atoms with Crippen LogP contribution >= 0.6 is 0 Å². The van der Waals surface area contributed by atoms with Gasteiger partial charge in [0.15, 0.2) is 0 Å². The van der Waals surface area contributed by atoms with Crippen LogP contribution in [0.5, 0.6) is 0 Å². The molecule has 0 saturated carbocycles. The van der Waals surface area contributed by atoms with Gasteiger partial charge in [0, 0.05) is 31.2 Å². The summed E-state index contributed by atoms with van der Waals surface area (Å²) < 4.78 is 14.0. The number of aromatic amines is 1. The van der Waals surface area contributed by atoms with Crippen LogP contribution in [0.1, 0.15) is 12.5 Å². The lowest BCUT2D eigenvalue weighted by Gasteiger charge is -2.09. The van der Waals surface area contributed by atoms with Gasteiger partial charge < -0.3 is 20.9 Å². The van der Waals surface area contributed by atoms with Gasteiger partial charge in [0.25, 0.3) is 0 Å². The summed E-state index contributed by atoms with van der Waals surface area (Å²) in [5, 5.41) is 9.11. The first kappa shape index (κ1) is 18.4. The zero-order valence-corrected chi connectivity index (χ0v) is 14.8. The van der Waals surface area contributed by atoms with Crippen molar-refractivity contribution >= 4 is 34.1 Å². The zero-order valence-electron chi connectivity index (χ0n) is 14.8. The second-order valence-electron chi connectivity index (χ2n) is 6.07. The highest BCUT2D eigenvalue weighted by atomic mass is 19.1. The van der Waals surface area contributed by atoms with Crippen LogP contribution in [0, 0.1) is 5.82 Å². The van der Waals surface area contributed by atoms with Crippen LogP contribution in [0.15, 0.2) is 42.9 Å². The van der Waals surface area contributed by atoms with E-state index in [-0.39, 0.29) is 18.4 Å². The third-order valence-corrected chi connectivity index (χ3v) is 3.99. The number of benzene rings is 1. The first-order valence-electron chi connectivity index (χ1n) is 8.50. The molecule has 4 N–H and O–H groups in total. The first-order chi connectivity index (χ1) is 13.0. The number of nitrogens with one attached hydrogen (secondary N) is 4. The van der Waals surface area contributed by atoms with Crippen molar-refractivity contribution in [3.05, 3.63) is 54.2 Å². The van der Waals surface area contributed by atoms with Gasteiger partial charge in [0.05, 0.1) is 29.6 Å². The summed E-state index contributed by atoms with van der Waals surface area (Å²) in [6, 6.07) is 6.24. The van der Waals surface area contributed by atoms with Gasteiger partial charge in [0.1, 0.15) is 5.82 Å². The van der Waals surface area contributed by atoms with E-state index in [1.807, 2.05) is 0 Å². The number of hydrogen-bond donors (Lipinski definition) is 4. The lowest BCUT2D eigenvalue weighted by atomic mass is 10.1. The molecule has 0 bridgehead atoms. The average Bonchev–Trinajstić information content (AvgIpc) is 3.03. The van der Waals surface area contributed by atoms with Gasteiger partial charge >= 0.3 is 0 Å². The van der Waals surface area contributed by atoms with Crippen molar-refractivity contribution in [2.45, 2.75) is 13.3 Å². The van der Waals surface area contributed by atoms with E-state index in [2.05, 4.69) is 25.9 Å². The van der Waals surface area contributed by atoms with Crippen molar-refractivity contribution in [1.82, 2.24) is 15.3 Å². The number of amides is 2. The molecule has 0 radical (unpaired) electrons. The fourth-order valence-electron chi connectivity index (χ4n) is 2.79. The molecule has 0 unspecified atom stereocenters. The summed E-state index contributed by atoms with van der Waals surface area (Å²) in [6.45, 7) is 1.90. The van der Waals surface area contributed by atoms with E-state index in [0.717, 1.165) is 10.9 Å². The topological polar surface area (TPSA) is 98.9 Å². The molecule has 3 rings (SSSR count). The highest BCUT2D eigenvalue weighted by Crippen LogP contribution is 2.27. The maximum absolute atomic E-state index is 14.0. The van der Waals surface area contributed by atoms with Gasteiger partial charge in [-0.15, -0.1) is 0 Å². The molecule has 2 amide bonds. The standard InChI is InChI=1S/C19H20FN5O2/c1-12(26)22-6-4-13-9-24-19-16(13)7-14(20)8-17(19)23-11-18(27)25-15-3-2-5-21-10-15/h2-3,5,7-10,23-24H,4,6,11H2,1H3,(H,22,26)(H,25,27). The van der Waals surface area contributed by atoms with Gasteiger partial charge in [-0.3, -0.25) is 14.6 Å². The Morgan fingerprint density at radius 1 is 1.30 bits per heavy atom. The Morgan fingerprint density at radius 2 is 2.15 bits per heavy atom. The van der Waals surface area contributed by atoms with Gasteiger partial charge in [0.2, 0.25) is 11.8 Å². The Balaban J connectivity index is 1.69. The minimum Gasteiger partial charge on any atom is -0.374 e. The van der Waals surface area contributed by atoms with Crippen LogP contribution in [0.4, 0.5) is 15.8 Å². The van der Waals surface area contributed by atoms with Crippen LogP contribution in [-0.2, 0) is 16.0 Å². The molecule has 0 aliphatic carbocycles. The van der Waals surface area contributed by atoms with Crippen LogP contribution in [0.2, 0.25) is 0 Å². The highest BCUT2D eigenvalue weighted by molar-refractivity contribution is 5.97. The summed E-state index contributed by atoms with van der Waals surface area (Å²) in [4.78, 5) is 30.1. The second kappa shape index (κ2) is 8.31. The largest absolute Gasteiger partial charge is 0.374 e. The van der Waals surface area contributed by atoms with Crippen molar-refractivity contribution in [1.29, 1.82) is 0 Å². The number of rotatable bonds is 7. The number of anilines is 2. The van der Waals surface area contributed by atoms with Crippen LogP contribution in [0.3, 0.4) is 0 Å². The summed E-state index contributed by atoms with van der Waals surface area (Å²) in [5.74, 6) is -0.779. The first-order valence-corrected chi connectivity index (χ1v) is 8.50. The monoisotopic (exact) mass is 369 g/mol. The number of pyridine rings is 1. The van der Waals surface area contributed by atoms with E-state index < -0.39 is 5.82 Å². The minimum absolute atomic E-state index is 0.0201. The van der Waals surface area contributed by atoms with E-state index in [9.17, 15) is 14.0 Å². The molecule has 1 aromatic carbocycles. The highest BCUT2D eigenvalue weighted by Gasteiger charge is 2.11. The lowest BCUT2D eigenvalue weighted by molar-refractivity contribution is -0.119. The molecule has 7 nitrogen and oxygen atoms in total. The van der Waals surface area contributed by atoms with Crippen molar-refractivity contribution in [3.63, 3.8) is 0 Å². The lowest BCUT2D eigenvalue weighted by Crippen LogP contribution is -2.22. The minimum atomic E-state index is -0.405. The Hall–Kier alpha value is -3.42. The summed E-state index contributed by atoms with van der Waals surface area (Å²) in [5.41, 5.74) is 2.69. The number of hydrogen-bond acceptors (Lipinski definition) is 4. The third-order valence-electron chi connectivity index (χ3n) is 3.99. The number of H-pyrrole nitrogens is 1. The number of nitrogens with zero attached hydrogens (tertiary/aromatic N) is 1. The quantitative estimate of drug-likeness (QED) is 0.514. The molecule has 8 heteroatoms. The number of aromatic nitrogens is 2. The second-order valence-corrected chi connectivity index (χ2v) is 6.07. The average molecular weight is 369 g/mol. The van der Waals surface area contributed by atoms with E-state index in [0.29, 0.717) is 29.9 Å². The molecular weight excluding hydrogens is 349 g/mol. The summed E-state index contributed by atoms with van der Waals surface area (Å²) >= 11 is 0. The van der Waals surface area contributed by atoms with E-state index in [1.54, 1.807) is 30.7 Å². The maximum atomic E-state index is 14.0. The van der Waals surface area contributed by atoms with Crippen molar-refractivity contribution in [3.8, 4) is 0 Å². The van der Waals surface area contributed by atoms with Gasteiger partial charge in [-0.05, 0) is 36.2 Å². The normalized spacial score (nSPS) is 10.6. The molecule has 0 aliphatic rings. The molecule has 0 fully saturated rings. The number of halogens is 1. The van der Waals surface area contributed by atoms with Crippen molar-refractivity contribution < 1.29 is 14.0 Å². The zero-order chi connectivity index (χ0) is 19.2. The Morgan fingerprint density at radius 3 is 2.89 bits per heavy atom. The molecule has 0 atom stereocenters. The van der Waals surface area contributed by atoms with E-state index in [1.165, 1.54) is 19.1 Å². The fourth-order valence-corrected chi connectivity index (χ4v) is 2.79. The predicted octanol–water partition coefficient (Wildman–Crippen LogP) is 2.43. The molecule has 140 valence electrons. The maximum Gasteiger partial charge on any atom is 0.243 e. The molecule has 0 aliphatic heterocycles. The SMILES string of the molecule is CC(=O)NCCc1c[nH]c2c(NCC(=O)Nc3cccnc3)cc(F)cc12. The Bertz CT molecular complexity index is 955. The van der Waals surface area contributed by atoms with Crippen LogP contribution < -0.4 is 16.0 Å². The summed E-state index contributed by atoms with van der Waals surface area (Å²) in [6.07, 6.45) is 5.52. The van der Waals surface area contributed by atoms with Crippen LogP contribution in [0.25, 0.3) is 10.9 Å². The molecule has 2 aromatic heterocycles. The summed E-state index contributed by atoms with van der Waals surface area (Å²) in [7, 11) is 0. The van der Waals surface area contributed by atoms with Crippen LogP contribution in [-0.4, -0.2) is 34.9 Å². The number of fused-ring (bicyclic) bond motifs is 1. The van der Waals surface area contributed by atoms with Crippen molar-refractivity contribution in [2.24, 2.45) is 0 Å².